The zero-order valence-electron chi connectivity index (χ0n) is 18.9. The van der Waals surface area contributed by atoms with Crippen LogP contribution in [0.4, 0.5) is 0 Å². The van der Waals surface area contributed by atoms with Gasteiger partial charge in [-0.2, -0.15) is 0 Å². The second-order valence-electron chi connectivity index (χ2n) is 5.37. The Hall–Kier alpha value is 0.549. The first-order chi connectivity index (χ1) is 12.0. The molecule has 164 valence electrons. The van der Waals surface area contributed by atoms with Gasteiger partial charge in [0.1, 0.15) is 0 Å². The molecule has 0 rings (SSSR count). The van der Waals surface area contributed by atoms with Crippen molar-refractivity contribution < 1.29 is 14.4 Å². The van der Waals surface area contributed by atoms with Gasteiger partial charge in [0.2, 0.25) is 0 Å². The summed E-state index contributed by atoms with van der Waals surface area (Å²) >= 11 is 1.25. The van der Waals surface area contributed by atoms with Crippen molar-refractivity contribution >= 4 is 21.9 Å². The zero-order chi connectivity index (χ0) is 21.6. The van der Waals surface area contributed by atoms with Gasteiger partial charge in [-0.15, -0.1) is 0 Å². The van der Waals surface area contributed by atoms with Crippen LogP contribution in [-0.4, -0.2) is 99.0 Å². The summed E-state index contributed by atoms with van der Waals surface area (Å²) in [6.45, 7) is 30.4. The molecular formula is C18H48N3O3PSe. The molecular weight excluding hydrogens is 416 g/mol. The summed E-state index contributed by atoms with van der Waals surface area (Å²) in [6, 6.07) is 0. The molecule has 0 spiro atoms. The number of hydrogen-bond acceptors (Lipinski definition) is 4. The molecule has 8 heteroatoms. The Kier molecular flexibility index (Phi) is 33.5. The Morgan fingerprint density at radius 3 is 0.615 bits per heavy atom. The molecule has 0 aromatic heterocycles. The Labute approximate surface area is 172 Å². The number of rotatable bonds is 9. The van der Waals surface area contributed by atoms with E-state index in [9.17, 15) is 4.57 Å². The van der Waals surface area contributed by atoms with Crippen LogP contribution in [0.1, 0.15) is 62.3 Å². The molecule has 0 aromatic carbocycles. The fourth-order valence-corrected chi connectivity index (χ4v) is 2.01. The predicted octanol–water partition coefficient (Wildman–Crippen LogP) is 3.02. The molecule has 0 aromatic rings. The van der Waals surface area contributed by atoms with Crippen molar-refractivity contribution in [3.05, 3.63) is 0 Å². The van der Waals surface area contributed by atoms with E-state index in [0.717, 1.165) is 0 Å². The van der Waals surface area contributed by atoms with Crippen LogP contribution in [0.5, 0.6) is 0 Å². The SMILES string of the molecule is CCN(CC)CC.CCN(CC)CC.CCN(CC)CC.O=P(O)(O)[SeH]. The molecule has 0 amide bonds. The van der Waals surface area contributed by atoms with Crippen molar-refractivity contribution in [3.63, 3.8) is 0 Å². The molecule has 2 N–H and O–H groups in total. The molecule has 0 saturated carbocycles. The molecule has 0 fully saturated rings. The van der Waals surface area contributed by atoms with Crippen molar-refractivity contribution in [2.24, 2.45) is 0 Å². The van der Waals surface area contributed by atoms with E-state index in [-0.39, 0.29) is 0 Å². The molecule has 0 heterocycles. The van der Waals surface area contributed by atoms with Crippen LogP contribution < -0.4 is 0 Å². The first-order valence-electron chi connectivity index (χ1n) is 9.99. The molecule has 0 saturated heterocycles. The van der Waals surface area contributed by atoms with E-state index in [1.54, 1.807) is 0 Å². The third kappa shape index (κ3) is 39.6. The van der Waals surface area contributed by atoms with Crippen LogP contribution in [0, 0.1) is 0 Å². The summed E-state index contributed by atoms with van der Waals surface area (Å²) in [7, 11) is 0. The van der Waals surface area contributed by atoms with E-state index in [2.05, 4.69) is 77.0 Å². The average Bonchev–Trinajstić information content (AvgIpc) is 2.59. The molecule has 0 aliphatic carbocycles. The Morgan fingerprint density at radius 2 is 0.615 bits per heavy atom. The molecule has 0 radical (unpaired) electrons. The first-order valence-corrected chi connectivity index (χ1v) is 14.1. The van der Waals surface area contributed by atoms with Crippen LogP contribution in [0.15, 0.2) is 0 Å². The third-order valence-corrected chi connectivity index (χ3v) is 4.02. The van der Waals surface area contributed by atoms with Crippen molar-refractivity contribution in [2.75, 3.05) is 58.9 Å². The Morgan fingerprint density at radius 1 is 0.538 bits per heavy atom. The van der Waals surface area contributed by atoms with Crippen molar-refractivity contribution in [1.29, 1.82) is 0 Å². The summed E-state index contributed by atoms with van der Waals surface area (Å²) in [5.41, 5.74) is 0. The molecule has 0 aliphatic rings. The molecule has 0 aliphatic heterocycles. The van der Waals surface area contributed by atoms with E-state index in [4.69, 9.17) is 9.79 Å². The second-order valence-corrected chi connectivity index (χ2v) is 9.68. The van der Waals surface area contributed by atoms with E-state index in [1.165, 1.54) is 74.5 Å². The van der Waals surface area contributed by atoms with Crippen LogP contribution in [0.3, 0.4) is 0 Å². The van der Waals surface area contributed by atoms with Crippen molar-refractivity contribution in [2.45, 2.75) is 62.3 Å². The maximum absolute atomic E-state index is 9.30. The van der Waals surface area contributed by atoms with E-state index in [1.807, 2.05) is 0 Å². The molecule has 0 bridgehead atoms. The Bertz CT molecular complexity index is 230. The van der Waals surface area contributed by atoms with Gasteiger partial charge in [-0.3, -0.25) is 0 Å². The van der Waals surface area contributed by atoms with Gasteiger partial charge in [-0.25, -0.2) is 0 Å². The standard InChI is InChI=1S/3C6H15N.H3O3PSe/c3*1-4-7(5-2)6-3;1-4(2,3)5/h3*4-6H2,1-3H3;(H3,1,2,3,5). The van der Waals surface area contributed by atoms with Gasteiger partial charge in [0.15, 0.2) is 0 Å². The van der Waals surface area contributed by atoms with Crippen molar-refractivity contribution in [3.8, 4) is 0 Å². The van der Waals surface area contributed by atoms with Crippen LogP contribution in [-0.2, 0) is 4.57 Å². The number of nitrogens with zero attached hydrogens (tertiary/aromatic N) is 3. The Balaban J connectivity index is -0.000000125. The van der Waals surface area contributed by atoms with Gasteiger partial charge in [0.05, 0.1) is 0 Å². The molecule has 6 nitrogen and oxygen atoms in total. The zero-order valence-corrected chi connectivity index (χ0v) is 21.7. The molecule has 0 atom stereocenters. The van der Waals surface area contributed by atoms with Crippen molar-refractivity contribution in [1.82, 2.24) is 14.7 Å². The van der Waals surface area contributed by atoms with Gasteiger partial charge < -0.3 is 14.7 Å². The molecule has 26 heavy (non-hydrogen) atoms. The fourth-order valence-electron chi connectivity index (χ4n) is 2.01. The van der Waals surface area contributed by atoms with Crippen LogP contribution in [0.25, 0.3) is 0 Å². The monoisotopic (exact) mass is 465 g/mol. The summed E-state index contributed by atoms with van der Waals surface area (Å²) in [6.07, 6.45) is -3.70. The predicted molar refractivity (Wildman–Crippen MR) is 120 cm³/mol. The number of hydrogen-bond donors (Lipinski definition) is 2. The van der Waals surface area contributed by atoms with E-state index < -0.39 is 6.29 Å². The minimum absolute atomic E-state index is 1.19. The average molecular weight is 465 g/mol. The third-order valence-electron chi connectivity index (χ3n) is 4.02. The van der Waals surface area contributed by atoms with Crippen LogP contribution in [0.2, 0.25) is 0 Å². The molecule has 0 unspecified atom stereocenters. The van der Waals surface area contributed by atoms with Gasteiger partial charge in [0.25, 0.3) is 0 Å². The topological polar surface area (TPSA) is 67.2 Å². The second kappa shape index (κ2) is 25.5. The van der Waals surface area contributed by atoms with Crippen LogP contribution >= 0.6 is 6.29 Å². The summed E-state index contributed by atoms with van der Waals surface area (Å²) in [4.78, 5) is 22.3. The normalized spacial score (nSPS) is 10.6. The summed E-state index contributed by atoms with van der Waals surface area (Å²) in [5.74, 6) is 0. The van der Waals surface area contributed by atoms with Gasteiger partial charge in [-0.05, 0) is 58.9 Å². The van der Waals surface area contributed by atoms with E-state index in [0.29, 0.717) is 0 Å². The van der Waals surface area contributed by atoms with Gasteiger partial charge in [-0.1, -0.05) is 62.3 Å². The first kappa shape index (κ1) is 34.1. The summed E-state index contributed by atoms with van der Waals surface area (Å²) < 4.78 is 9.30. The van der Waals surface area contributed by atoms with Gasteiger partial charge >= 0.3 is 36.2 Å². The van der Waals surface area contributed by atoms with Gasteiger partial charge in [0, 0.05) is 0 Å². The quantitative estimate of drug-likeness (QED) is 0.404. The summed E-state index contributed by atoms with van der Waals surface area (Å²) in [5, 5.41) is 0. The minimum atomic E-state index is -3.70. The fraction of sp³-hybridized carbons (Fsp3) is 1.00. The maximum atomic E-state index is 9.30. The van der Waals surface area contributed by atoms with E-state index >= 15 is 0 Å².